The summed E-state index contributed by atoms with van der Waals surface area (Å²) < 4.78 is 13.2. The topological polar surface area (TPSA) is 23.8 Å². The molecule has 1 nitrogen and oxygen atoms in total. The monoisotopic (exact) mass is 277 g/mol. The lowest BCUT2D eigenvalue weighted by atomic mass is 10.2. The average Bonchev–Trinajstić information content (AvgIpc) is 2.37. The molecule has 0 aliphatic heterocycles. The van der Waals surface area contributed by atoms with E-state index in [2.05, 4.69) is 0 Å². The molecule has 0 fully saturated rings. The van der Waals surface area contributed by atoms with Gasteiger partial charge in [0.2, 0.25) is 0 Å². The van der Waals surface area contributed by atoms with Crippen molar-refractivity contribution in [1.29, 1.82) is 5.26 Å². The maximum atomic E-state index is 13.2. The van der Waals surface area contributed by atoms with Crippen molar-refractivity contribution in [2.45, 2.75) is 10.6 Å². The number of halogens is 2. The lowest BCUT2D eigenvalue weighted by Crippen LogP contribution is -1.84. The van der Waals surface area contributed by atoms with Crippen LogP contribution in [0, 0.1) is 17.1 Å². The second-order valence-corrected chi connectivity index (χ2v) is 5.19. The summed E-state index contributed by atoms with van der Waals surface area (Å²) in [4.78, 5) is 0.751. The zero-order valence-corrected chi connectivity index (χ0v) is 10.9. The molecule has 0 aromatic heterocycles. The van der Waals surface area contributed by atoms with Crippen LogP contribution in [0.5, 0.6) is 0 Å². The fourth-order valence-electron chi connectivity index (χ4n) is 1.46. The molecule has 0 aliphatic rings. The van der Waals surface area contributed by atoms with Crippen LogP contribution >= 0.6 is 23.4 Å². The highest BCUT2D eigenvalue weighted by molar-refractivity contribution is 7.98. The quantitative estimate of drug-likeness (QED) is 0.763. The number of hydrogen-bond acceptors (Lipinski definition) is 2. The summed E-state index contributed by atoms with van der Waals surface area (Å²) in [5.41, 5.74) is 1.45. The van der Waals surface area contributed by atoms with Crippen molar-refractivity contribution in [2.75, 3.05) is 0 Å². The molecular weight excluding hydrogens is 269 g/mol. The summed E-state index contributed by atoms with van der Waals surface area (Å²) in [6.45, 7) is 0. The van der Waals surface area contributed by atoms with Gasteiger partial charge in [0.05, 0.1) is 11.6 Å². The summed E-state index contributed by atoms with van der Waals surface area (Å²) in [7, 11) is 0. The summed E-state index contributed by atoms with van der Waals surface area (Å²) in [6.07, 6.45) is 0. The van der Waals surface area contributed by atoms with E-state index in [1.165, 1.54) is 23.9 Å². The highest BCUT2D eigenvalue weighted by atomic mass is 35.5. The summed E-state index contributed by atoms with van der Waals surface area (Å²) in [5, 5.41) is 9.46. The van der Waals surface area contributed by atoms with E-state index >= 15 is 0 Å². The number of nitrogens with zero attached hydrogens (tertiary/aromatic N) is 1. The Morgan fingerprint density at radius 3 is 2.56 bits per heavy atom. The lowest BCUT2D eigenvalue weighted by molar-refractivity contribution is 0.623. The van der Waals surface area contributed by atoms with Crippen molar-refractivity contribution in [3.63, 3.8) is 0 Å². The summed E-state index contributed by atoms with van der Waals surface area (Å²) >= 11 is 7.29. The van der Waals surface area contributed by atoms with Crippen molar-refractivity contribution in [3.8, 4) is 6.07 Å². The van der Waals surface area contributed by atoms with Crippen molar-refractivity contribution >= 4 is 23.4 Å². The molecule has 0 saturated carbocycles. The fraction of sp³-hybridized carbons (Fsp3) is 0.0714. The first kappa shape index (κ1) is 12.9. The van der Waals surface area contributed by atoms with Crippen LogP contribution in [0.25, 0.3) is 0 Å². The van der Waals surface area contributed by atoms with Crippen molar-refractivity contribution in [2.24, 2.45) is 0 Å². The van der Waals surface area contributed by atoms with Gasteiger partial charge in [-0.05, 0) is 35.9 Å². The number of rotatable bonds is 3. The first-order valence-corrected chi connectivity index (χ1v) is 6.61. The van der Waals surface area contributed by atoms with E-state index in [9.17, 15) is 4.39 Å². The van der Waals surface area contributed by atoms with Crippen LogP contribution in [0.3, 0.4) is 0 Å². The normalized spacial score (nSPS) is 10.1. The first-order chi connectivity index (χ1) is 8.67. The van der Waals surface area contributed by atoms with Crippen LogP contribution in [0.1, 0.15) is 11.1 Å². The minimum absolute atomic E-state index is 0.341. The second-order valence-electron chi connectivity index (χ2n) is 3.70. The van der Waals surface area contributed by atoms with Gasteiger partial charge in [-0.3, -0.25) is 0 Å². The van der Waals surface area contributed by atoms with E-state index in [0.717, 1.165) is 10.5 Å². The van der Waals surface area contributed by atoms with Crippen LogP contribution in [-0.2, 0) is 5.75 Å². The molecule has 0 amide bonds. The highest BCUT2D eigenvalue weighted by Gasteiger charge is 2.02. The van der Waals surface area contributed by atoms with E-state index < -0.39 is 0 Å². The molecule has 2 rings (SSSR count). The van der Waals surface area contributed by atoms with Crippen LogP contribution in [-0.4, -0.2) is 0 Å². The van der Waals surface area contributed by atoms with Gasteiger partial charge < -0.3 is 0 Å². The standard InChI is InChI=1S/C14H9ClFNS/c15-12-3-1-10(2-4-12)9-18-14-6-11(8-17)5-13(16)7-14/h1-7H,9H2. The van der Waals surface area contributed by atoms with Gasteiger partial charge in [-0.15, -0.1) is 11.8 Å². The number of benzene rings is 2. The van der Waals surface area contributed by atoms with Crippen LogP contribution in [0.4, 0.5) is 4.39 Å². The molecule has 18 heavy (non-hydrogen) atoms. The van der Waals surface area contributed by atoms with Crippen LogP contribution in [0.15, 0.2) is 47.4 Å². The zero-order valence-electron chi connectivity index (χ0n) is 9.36. The lowest BCUT2D eigenvalue weighted by Gasteiger charge is -2.03. The Kier molecular flexibility index (Phi) is 4.24. The smallest absolute Gasteiger partial charge is 0.125 e. The Hall–Kier alpha value is -1.50. The van der Waals surface area contributed by atoms with Gasteiger partial charge in [0, 0.05) is 15.7 Å². The molecule has 2 aromatic rings. The largest absolute Gasteiger partial charge is 0.207 e. The van der Waals surface area contributed by atoms with Crippen LogP contribution < -0.4 is 0 Å². The van der Waals surface area contributed by atoms with Gasteiger partial charge in [0.25, 0.3) is 0 Å². The third-order valence-electron chi connectivity index (χ3n) is 2.32. The molecule has 0 spiro atoms. The minimum Gasteiger partial charge on any atom is -0.207 e. The molecule has 0 bridgehead atoms. The first-order valence-electron chi connectivity index (χ1n) is 5.25. The van der Waals surface area contributed by atoms with Gasteiger partial charge in [-0.2, -0.15) is 5.26 Å². The van der Waals surface area contributed by atoms with Crippen LogP contribution in [0.2, 0.25) is 5.02 Å². The Morgan fingerprint density at radius 1 is 1.17 bits per heavy atom. The Bertz CT molecular complexity index is 590. The molecule has 0 unspecified atom stereocenters. The Balaban J connectivity index is 2.08. The second kappa shape index (κ2) is 5.90. The highest BCUT2D eigenvalue weighted by Crippen LogP contribution is 2.25. The third-order valence-corrected chi connectivity index (χ3v) is 3.62. The average molecular weight is 278 g/mol. The maximum absolute atomic E-state index is 13.2. The predicted octanol–water partition coefficient (Wildman–Crippen LogP) is 4.64. The minimum atomic E-state index is -0.382. The van der Waals surface area contributed by atoms with Gasteiger partial charge in [-0.25, -0.2) is 4.39 Å². The van der Waals surface area contributed by atoms with Gasteiger partial charge in [0.1, 0.15) is 5.82 Å². The van der Waals surface area contributed by atoms with Crippen molar-refractivity contribution < 1.29 is 4.39 Å². The summed E-state index contributed by atoms with van der Waals surface area (Å²) in [5.74, 6) is 0.332. The maximum Gasteiger partial charge on any atom is 0.125 e. The van der Waals surface area contributed by atoms with Crippen molar-refractivity contribution in [3.05, 3.63) is 64.4 Å². The molecule has 0 N–H and O–H groups in total. The molecular formula is C14H9ClFNS. The van der Waals surface area contributed by atoms with Gasteiger partial charge >= 0.3 is 0 Å². The SMILES string of the molecule is N#Cc1cc(F)cc(SCc2ccc(Cl)cc2)c1. The van der Waals surface area contributed by atoms with E-state index in [4.69, 9.17) is 16.9 Å². The number of thioether (sulfide) groups is 1. The van der Waals surface area contributed by atoms with E-state index in [-0.39, 0.29) is 5.82 Å². The van der Waals surface area contributed by atoms with E-state index in [1.54, 1.807) is 6.07 Å². The third kappa shape index (κ3) is 3.49. The molecule has 0 saturated heterocycles. The zero-order chi connectivity index (χ0) is 13.0. The molecule has 0 heterocycles. The van der Waals surface area contributed by atoms with E-state index in [0.29, 0.717) is 16.3 Å². The molecule has 2 aromatic carbocycles. The Labute approximate surface area is 114 Å². The molecule has 4 heteroatoms. The molecule has 0 atom stereocenters. The molecule has 90 valence electrons. The fourth-order valence-corrected chi connectivity index (χ4v) is 2.52. The number of hydrogen-bond donors (Lipinski definition) is 0. The van der Waals surface area contributed by atoms with Gasteiger partial charge in [0.15, 0.2) is 0 Å². The molecule has 0 aliphatic carbocycles. The van der Waals surface area contributed by atoms with Gasteiger partial charge in [-0.1, -0.05) is 23.7 Å². The summed E-state index contributed by atoms with van der Waals surface area (Å²) in [6, 6.07) is 13.8. The predicted molar refractivity (Wildman–Crippen MR) is 72.1 cm³/mol. The molecule has 0 radical (unpaired) electrons. The van der Waals surface area contributed by atoms with E-state index in [1.807, 2.05) is 30.3 Å². The van der Waals surface area contributed by atoms with Crippen molar-refractivity contribution in [1.82, 2.24) is 0 Å². The number of nitriles is 1. The Morgan fingerprint density at radius 2 is 1.89 bits per heavy atom.